The van der Waals surface area contributed by atoms with Crippen LogP contribution >= 0.6 is 0 Å². The molecule has 1 atom stereocenters. The molecule has 0 aromatic rings. The highest BCUT2D eigenvalue weighted by molar-refractivity contribution is 5.06. The summed E-state index contributed by atoms with van der Waals surface area (Å²) in [6, 6.07) is 0.555. The van der Waals surface area contributed by atoms with Crippen LogP contribution in [-0.4, -0.2) is 19.3 Å². The van der Waals surface area contributed by atoms with Gasteiger partial charge >= 0.3 is 0 Å². The minimum absolute atomic E-state index is 0.543. The number of nitrogens with one attached hydrogen (secondary N) is 1. The molecule has 0 radical (unpaired) electrons. The fraction of sp³-hybridized carbons (Fsp3) is 1.00. The standard InChI is InChI=1S/C17H30N2O/c18-19-16(8-12-1-3-20-4-2-12)17-9-13-5-14(10-17)7-15(6-13)11-17/h12-16,19H,1-11,18H2. The fourth-order valence-electron chi connectivity index (χ4n) is 6.41. The zero-order chi connectivity index (χ0) is 13.6. The second-order valence-electron chi connectivity index (χ2n) is 8.29. The van der Waals surface area contributed by atoms with E-state index in [-0.39, 0.29) is 0 Å². The van der Waals surface area contributed by atoms with Crippen LogP contribution in [0.1, 0.15) is 57.8 Å². The van der Waals surface area contributed by atoms with Gasteiger partial charge in [-0.2, -0.15) is 0 Å². The summed E-state index contributed by atoms with van der Waals surface area (Å²) in [6.07, 6.45) is 12.7. The third-order valence-corrected chi connectivity index (χ3v) is 6.94. The van der Waals surface area contributed by atoms with Crippen molar-refractivity contribution < 1.29 is 4.74 Å². The summed E-state index contributed by atoms with van der Waals surface area (Å²) in [5.74, 6) is 9.92. The predicted octanol–water partition coefficient (Wildman–Crippen LogP) is 2.85. The molecular formula is C17H30N2O. The van der Waals surface area contributed by atoms with Crippen molar-refractivity contribution in [3.8, 4) is 0 Å². The first-order chi connectivity index (χ1) is 9.77. The molecular weight excluding hydrogens is 248 g/mol. The van der Waals surface area contributed by atoms with Crippen molar-refractivity contribution >= 4 is 0 Å². The average Bonchev–Trinajstić information content (AvgIpc) is 2.44. The maximum absolute atomic E-state index is 6.03. The molecule has 3 heteroatoms. The first-order valence-corrected chi connectivity index (χ1v) is 8.81. The lowest BCUT2D eigenvalue weighted by Crippen LogP contribution is -2.58. The van der Waals surface area contributed by atoms with Gasteiger partial charge in [0.15, 0.2) is 0 Å². The molecule has 0 aromatic heterocycles. The second kappa shape index (κ2) is 5.26. The van der Waals surface area contributed by atoms with Gasteiger partial charge < -0.3 is 4.74 Å². The largest absolute Gasteiger partial charge is 0.381 e. The van der Waals surface area contributed by atoms with Gasteiger partial charge in [0.1, 0.15) is 0 Å². The summed E-state index contributed by atoms with van der Waals surface area (Å²) >= 11 is 0. The van der Waals surface area contributed by atoms with Crippen LogP contribution < -0.4 is 11.3 Å². The number of ether oxygens (including phenoxy) is 1. The van der Waals surface area contributed by atoms with Crippen molar-refractivity contribution in [2.24, 2.45) is 34.9 Å². The fourth-order valence-corrected chi connectivity index (χ4v) is 6.41. The van der Waals surface area contributed by atoms with Crippen LogP contribution in [0.5, 0.6) is 0 Å². The normalized spacial score (nSPS) is 45.8. The first-order valence-electron chi connectivity index (χ1n) is 8.81. The van der Waals surface area contributed by atoms with E-state index in [0.717, 1.165) is 36.9 Å². The van der Waals surface area contributed by atoms with Gasteiger partial charge in [0.2, 0.25) is 0 Å². The molecule has 5 rings (SSSR count). The van der Waals surface area contributed by atoms with E-state index < -0.39 is 0 Å². The van der Waals surface area contributed by atoms with Gasteiger partial charge in [0.25, 0.3) is 0 Å². The van der Waals surface area contributed by atoms with Crippen molar-refractivity contribution in [3.05, 3.63) is 0 Å². The van der Waals surface area contributed by atoms with Gasteiger partial charge in [0, 0.05) is 19.3 Å². The maximum atomic E-state index is 6.03. The van der Waals surface area contributed by atoms with Gasteiger partial charge in [-0.25, -0.2) is 0 Å². The topological polar surface area (TPSA) is 47.3 Å². The Balaban J connectivity index is 1.48. The van der Waals surface area contributed by atoms with Crippen LogP contribution in [0.25, 0.3) is 0 Å². The summed E-state index contributed by atoms with van der Waals surface area (Å²) in [5.41, 5.74) is 3.81. The van der Waals surface area contributed by atoms with Crippen molar-refractivity contribution in [2.45, 2.75) is 63.8 Å². The Kier molecular flexibility index (Phi) is 3.56. The van der Waals surface area contributed by atoms with Gasteiger partial charge in [-0.15, -0.1) is 0 Å². The maximum Gasteiger partial charge on any atom is 0.0468 e. The molecule has 114 valence electrons. The molecule has 0 spiro atoms. The van der Waals surface area contributed by atoms with E-state index >= 15 is 0 Å². The smallest absolute Gasteiger partial charge is 0.0468 e. The van der Waals surface area contributed by atoms with Crippen LogP contribution in [0, 0.1) is 29.1 Å². The molecule has 1 aliphatic heterocycles. The van der Waals surface area contributed by atoms with Crippen molar-refractivity contribution in [2.75, 3.05) is 13.2 Å². The zero-order valence-corrected chi connectivity index (χ0v) is 12.7. The monoisotopic (exact) mass is 278 g/mol. The molecule has 4 bridgehead atoms. The Morgan fingerprint density at radius 1 is 1.00 bits per heavy atom. The quantitative estimate of drug-likeness (QED) is 0.614. The predicted molar refractivity (Wildman–Crippen MR) is 79.9 cm³/mol. The number of hydrogen-bond acceptors (Lipinski definition) is 3. The summed E-state index contributed by atoms with van der Waals surface area (Å²) in [4.78, 5) is 0. The summed E-state index contributed by atoms with van der Waals surface area (Å²) in [6.45, 7) is 1.92. The highest BCUT2D eigenvalue weighted by Gasteiger charge is 2.54. The lowest BCUT2D eigenvalue weighted by molar-refractivity contribution is -0.0803. The number of hydrogen-bond donors (Lipinski definition) is 2. The molecule has 3 N–H and O–H groups in total. The number of rotatable bonds is 4. The SMILES string of the molecule is NNC(CC1CCOCC1)C12CC3CC(CC(C3)C1)C2. The minimum atomic E-state index is 0.543. The molecule has 0 aromatic carbocycles. The Morgan fingerprint density at radius 3 is 2.05 bits per heavy atom. The van der Waals surface area contributed by atoms with E-state index in [4.69, 9.17) is 10.6 Å². The molecule has 1 saturated heterocycles. The lowest BCUT2D eigenvalue weighted by atomic mass is 9.47. The third kappa shape index (κ3) is 2.32. The van der Waals surface area contributed by atoms with Crippen molar-refractivity contribution in [1.82, 2.24) is 5.43 Å². The molecule has 5 aliphatic rings. The highest BCUT2D eigenvalue weighted by Crippen LogP contribution is 2.61. The third-order valence-electron chi connectivity index (χ3n) is 6.94. The van der Waals surface area contributed by atoms with Crippen molar-refractivity contribution in [3.63, 3.8) is 0 Å². The number of nitrogens with two attached hydrogens (primary N) is 1. The van der Waals surface area contributed by atoms with Crippen LogP contribution in [-0.2, 0) is 4.74 Å². The van der Waals surface area contributed by atoms with Gasteiger partial charge in [-0.3, -0.25) is 11.3 Å². The highest BCUT2D eigenvalue weighted by atomic mass is 16.5. The molecule has 1 heterocycles. The Bertz CT molecular complexity index is 316. The van der Waals surface area contributed by atoms with Gasteiger partial charge in [-0.1, -0.05) is 0 Å². The van der Waals surface area contributed by atoms with E-state index in [9.17, 15) is 0 Å². The van der Waals surface area contributed by atoms with Gasteiger partial charge in [-0.05, 0) is 86.9 Å². The summed E-state index contributed by atoms with van der Waals surface area (Å²) in [7, 11) is 0. The first kappa shape index (κ1) is 13.5. The lowest BCUT2D eigenvalue weighted by Gasteiger charge is -2.59. The number of hydrazine groups is 1. The van der Waals surface area contributed by atoms with E-state index in [1.165, 1.54) is 57.8 Å². The Morgan fingerprint density at radius 2 is 1.55 bits per heavy atom. The molecule has 1 unspecified atom stereocenters. The molecule has 3 nitrogen and oxygen atoms in total. The molecule has 20 heavy (non-hydrogen) atoms. The Labute approximate surface area is 123 Å². The summed E-state index contributed by atoms with van der Waals surface area (Å²) < 4.78 is 5.51. The van der Waals surface area contributed by atoms with Crippen LogP contribution in [0.3, 0.4) is 0 Å². The van der Waals surface area contributed by atoms with E-state index in [0.29, 0.717) is 11.5 Å². The van der Waals surface area contributed by atoms with Crippen LogP contribution in [0.2, 0.25) is 0 Å². The van der Waals surface area contributed by atoms with Crippen LogP contribution in [0.15, 0.2) is 0 Å². The van der Waals surface area contributed by atoms with Crippen molar-refractivity contribution in [1.29, 1.82) is 0 Å². The van der Waals surface area contributed by atoms with Gasteiger partial charge in [0.05, 0.1) is 0 Å². The van der Waals surface area contributed by atoms with E-state index in [1.54, 1.807) is 0 Å². The molecule has 4 saturated carbocycles. The van der Waals surface area contributed by atoms with E-state index in [2.05, 4.69) is 5.43 Å². The molecule has 0 amide bonds. The second-order valence-corrected chi connectivity index (χ2v) is 8.29. The molecule has 4 aliphatic carbocycles. The summed E-state index contributed by atoms with van der Waals surface area (Å²) in [5, 5.41) is 0. The average molecular weight is 278 g/mol. The van der Waals surface area contributed by atoms with Crippen LogP contribution in [0.4, 0.5) is 0 Å². The Hall–Kier alpha value is -0.120. The molecule has 5 fully saturated rings. The van der Waals surface area contributed by atoms with E-state index in [1.807, 2.05) is 0 Å². The minimum Gasteiger partial charge on any atom is -0.381 e. The zero-order valence-electron chi connectivity index (χ0n) is 12.7.